The maximum atomic E-state index is 13.3. The molecule has 0 unspecified atom stereocenters. The third-order valence-electron chi connectivity index (χ3n) is 7.98. The summed E-state index contributed by atoms with van der Waals surface area (Å²) in [6.07, 6.45) is -5.95. The van der Waals surface area contributed by atoms with E-state index in [0.29, 0.717) is 0 Å². The van der Waals surface area contributed by atoms with Crippen LogP contribution in [0.15, 0.2) is 78.9 Å². The number of carboxylic acid groups (broad SMARTS) is 1. The molecule has 42 heavy (non-hydrogen) atoms. The van der Waals surface area contributed by atoms with E-state index >= 15 is 0 Å². The second-order valence-electron chi connectivity index (χ2n) is 10.5. The molecule has 0 radical (unpaired) electrons. The SMILES string of the molecule is CO[C@H]1O[C@@H]2CO[C@@H](c3ccccc3)O[C@H]2[C@H](O[C@H](C)C(=O)O)[C@H]1NC(=O)OCC1c2ccccc2-c2ccccc21. The quantitative estimate of drug-likeness (QED) is 0.406. The maximum absolute atomic E-state index is 13.3. The van der Waals surface area contributed by atoms with Crippen LogP contribution in [0.1, 0.15) is 35.8 Å². The van der Waals surface area contributed by atoms with Crippen LogP contribution in [-0.4, -0.2) is 74.2 Å². The molecular weight excluding hydrogens is 542 g/mol. The molecule has 0 bridgehead atoms. The molecule has 2 saturated heterocycles. The minimum Gasteiger partial charge on any atom is -0.479 e. The number of ether oxygens (including phenoxy) is 6. The molecular formula is C32H33NO9. The second kappa shape index (κ2) is 12.2. The number of methoxy groups -OCH3 is 1. The van der Waals surface area contributed by atoms with Crippen LogP contribution < -0.4 is 5.32 Å². The lowest BCUT2D eigenvalue weighted by Gasteiger charge is -2.49. The van der Waals surface area contributed by atoms with Gasteiger partial charge >= 0.3 is 12.1 Å². The van der Waals surface area contributed by atoms with Gasteiger partial charge in [0.1, 0.15) is 31.0 Å². The fourth-order valence-electron chi connectivity index (χ4n) is 5.94. The number of nitrogens with one attached hydrogen (secondary N) is 1. The maximum Gasteiger partial charge on any atom is 0.407 e. The highest BCUT2D eigenvalue weighted by atomic mass is 16.7. The van der Waals surface area contributed by atoms with Gasteiger partial charge in [-0.05, 0) is 29.2 Å². The highest BCUT2D eigenvalue weighted by Gasteiger charge is 2.52. The Morgan fingerprint density at radius 2 is 1.60 bits per heavy atom. The molecule has 10 heteroatoms. The summed E-state index contributed by atoms with van der Waals surface area (Å²) in [4.78, 5) is 25.1. The predicted molar refractivity (Wildman–Crippen MR) is 150 cm³/mol. The Kier molecular flexibility index (Phi) is 8.23. The molecule has 0 spiro atoms. The molecule has 2 heterocycles. The Morgan fingerprint density at radius 3 is 2.24 bits per heavy atom. The van der Waals surface area contributed by atoms with Crippen LogP contribution in [0.2, 0.25) is 0 Å². The Hall–Kier alpha value is -3.80. The number of hydrogen-bond acceptors (Lipinski definition) is 8. The molecule has 2 N–H and O–H groups in total. The van der Waals surface area contributed by atoms with Crippen molar-refractivity contribution in [2.45, 2.75) is 55.9 Å². The lowest BCUT2D eigenvalue weighted by atomic mass is 9.95. The van der Waals surface area contributed by atoms with E-state index in [1.807, 2.05) is 66.7 Å². The molecule has 3 aliphatic rings. The Balaban J connectivity index is 1.21. The number of amides is 1. The molecule has 7 atom stereocenters. The number of carbonyl (C=O) groups excluding carboxylic acids is 1. The summed E-state index contributed by atoms with van der Waals surface area (Å²) in [6, 6.07) is 24.6. The number of carbonyl (C=O) groups is 2. The number of fused-ring (bicyclic) bond motifs is 4. The number of carboxylic acids is 1. The zero-order chi connectivity index (χ0) is 29.2. The molecule has 1 amide bonds. The van der Waals surface area contributed by atoms with E-state index in [2.05, 4.69) is 17.4 Å². The van der Waals surface area contributed by atoms with Crippen molar-refractivity contribution in [1.29, 1.82) is 0 Å². The first-order valence-electron chi connectivity index (χ1n) is 13.9. The largest absolute Gasteiger partial charge is 0.479 e. The van der Waals surface area contributed by atoms with Crippen molar-refractivity contribution in [3.63, 3.8) is 0 Å². The Morgan fingerprint density at radius 1 is 0.952 bits per heavy atom. The normalized spacial score (nSPS) is 27.3. The van der Waals surface area contributed by atoms with Crippen molar-refractivity contribution >= 4 is 12.1 Å². The van der Waals surface area contributed by atoms with E-state index in [1.54, 1.807) is 0 Å². The Labute approximate surface area is 243 Å². The molecule has 0 aromatic heterocycles. The highest BCUT2D eigenvalue weighted by molar-refractivity contribution is 5.79. The summed E-state index contributed by atoms with van der Waals surface area (Å²) in [5.74, 6) is -1.28. The summed E-state index contributed by atoms with van der Waals surface area (Å²) < 4.78 is 35.7. The van der Waals surface area contributed by atoms with Crippen LogP contribution in [0.4, 0.5) is 4.79 Å². The molecule has 10 nitrogen and oxygen atoms in total. The molecule has 3 aromatic rings. The van der Waals surface area contributed by atoms with E-state index in [9.17, 15) is 14.7 Å². The molecule has 6 rings (SSSR count). The molecule has 0 saturated carbocycles. The second-order valence-corrected chi connectivity index (χ2v) is 10.5. The topological polar surface area (TPSA) is 122 Å². The molecule has 220 valence electrons. The van der Waals surface area contributed by atoms with E-state index in [-0.39, 0.29) is 19.1 Å². The van der Waals surface area contributed by atoms with Gasteiger partial charge < -0.3 is 38.8 Å². The summed E-state index contributed by atoms with van der Waals surface area (Å²) in [5.41, 5.74) is 5.20. The van der Waals surface area contributed by atoms with E-state index in [1.165, 1.54) is 14.0 Å². The van der Waals surface area contributed by atoms with E-state index in [4.69, 9.17) is 28.4 Å². The summed E-state index contributed by atoms with van der Waals surface area (Å²) in [5, 5.41) is 12.5. The third-order valence-corrected chi connectivity index (χ3v) is 7.98. The average Bonchev–Trinajstić information content (AvgIpc) is 3.34. The van der Waals surface area contributed by atoms with Gasteiger partial charge in [-0.3, -0.25) is 0 Å². The molecule has 1 aliphatic carbocycles. The zero-order valence-electron chi connectivity index (χ0n) is 23.3. The zero-order valence-corrected chi connectivity index (χ0v) is 23.3. The third kappa shape index (κ3) is 5.51. The lowest BCUT2D eigenvalue weighted by molar-refractivity contribution is -0.347. The van der Waals surface area contributed by atoms with Crippen molar-refractivity contribution in [3.8, 4) is 11.1 Å². The van der Waals surface area contributed by atoms with Gasteiger partial charge in [-0.25, -0.2) is 9.59 Å². The highest BCUT2D eigenvalue weighted by Crippen LogP contribution is 2.44. The van der Waals surface area contributed by atoms with Crippen molar-refractivity contribution in [3.05, 3.63) is 95.6 Å². The van der Waals surface area contributed by atoms with Crippen molar-refractivity contribution in [2.24, 2.45) is 0 Å². The number of rotatable bonds is 8. The summed E-state index contributed by atoms with van der Waals surface area (Å²) in [6.45, 7) is 1.69. The fourth-order valence-corrected chi connectivity index (χ4v) is 5.94. The van der Waals surface area contributed by atoms with Gasteiger partial charge in [0.2, 0.25) is 0 Å². The van der Waals surface area contributed by atoms with Crippen molar-refractivity contribution < 1.29 is 43.1 Å². The van der Waals surface area contributed by atoms with Crippen LogP contribution in [0.25, 0.3) is 11.1 Å². The van der Waals surface area contributed by atoms with Gasteiger partial charge in [-0.1, -0.05) is 78.9 Å². The fraction of sp³-hybridized carbons (Fsp3) is 0.375. The predicted octanol–water partition coefficient (Wildman–Crippen LogP) is 4.24. The van der Waals surface area contributed by atoms with Gasteiger partial charge in [0, 0.05) is 18.6 Å². The van der Waals surface area contributed by atoms with Gasteiger partial charge in [0.05, 0.1) is 6.61 Å². The molecule has 3 aromatic carbocycles. The van der Waals surface area contributed by atoms with Crippen LogP contribution in [0, 0.1) is 0 Å². The first kappa shape index (κ1) is 28.3. The minimum absolute atomic E-state index is 0.106. The van der Waals surface area contributed by atoms with E-state index in [0.717, 1.165) is 27.8 Å². The number of hydrogen-bond donors (Lipinski definition) is 2. The molecule has 2 fully saturated rings. The summed E-state index contributed by atoms with van der Waals surface area (Å²) in [7, 11) is 1.44. The van der Waals surface area contributed by atoms with Gasteiger partial charge in [0.15, 0.2) is 18.7 Å². The van der Waals surface area contributed by atoms with Crippen LogP contribution >= 0.6 is 0 Å². The Bertz CT molecular complexity index is 1370. The monoisotopic (exact) mass is 575 g/mol. The van der Waals surface area contributed by atoms with Gasteiger partial charge in [0.25, 0.3) is 0 Å². The number of alkyl carbamates (subject to hydrolysis) is 1. The number of benzene rings is 3. The standard InChI is InChI=1S/C32H33NO9/c1-18(29(34)35)40-28-26(31(37-2)41-25-17-38-30(42-27(25)28)19-10-4-3-5-11-19)33-32(36)39-16-24-22-14-8-6-12-20(22)21-13-7-9-15-23(21)24/h3-15,18,24-28,30-31H,16-17H2,1-2H3,(H,33,36)(H,34,35)/t18-,25-,26-,27-,28-,30-,31+/m1/s1. The first-order chi connectivity index (χ1) is 20.4. The van der Waals surface area contributed by atoms with Crippen molar-refractivity contribution in [2.75, 3.05) is 20.3 Å². The van der Waals surface area contributed by atoms with Gasteiger partial charge in [-0.2, -0.15) is 0 Å². The number of aliphatic carboxylic acids is 1. The molecule has 2 aliphatic heterocycles. The van der Waals surface area contributed by atoms with Crippen LogP contribution in [0.5, 0.6) is 0 Å². The van der Waals surface area contributed by atoms with Crippen LogP contribution in [-0.2, 0) is 33.2 Å². The summed E-state index contributed by atoms with van der Waals surface area (Å²) >= 11 is 0. The average molecular weight is 576 g/mol. The van der Waals surface area contributed by atoms with E-state index < -0.39 is 55.1 Å². The first-order valence-corrected chi connectivity index (χ1v) is 13.9. The smallest absolute Gasteiger partial charge is 0.407 e. The van der Waals surface area contributed by atoms with Gasteiger partial charge in [-0.15, -0.1) is 0 Å². The van der Waals surface area contributed by atoms with Crippen molar-refractivity contribution in [1.82, 2.24) is 5.32 Å². The lowest BCUT2D eigenvalue weighted by Crippen LogP contribution is -2.68. The van der Waals surface area contributed by atoms with Crippen LogP contribution in [0.3, 0.4) is 0 Å². The minimum atomic E-state index is -1.19.